The summed E-state index contributed by atoms with van der Waals surface area (Å²) in [7, 11) is 3.34. The van der Waals surface area contributed by atoms with Gasteiger partial charge in [-0.05, 0) is 60.1 Å². The molecular weight excluding hydrogens is 523 g/mol. The van der Waals surface area contributed by atoms with E-state index in [4.69, 9.17) is 31.5 Å². The Hall–Kier alpha value is -1.54. The molecule has 0 aliphatic rings. The van der Waals surface area contributed by atoms with Crippen LogP contribution in [0.5, 0.6) is 11.5 Å². The van der Waals surface area contributed by atoms with Gasteiger partial charge >= 0.3 is 0 Å². The smallest absolute Gasteiger partial charge is 0.161 e. The average Bonchev–Trinajstić information content (AvgIpc) is 2.86. The number of ether oxygens (including phenoxy) is 3. The molecule has 2 aromatic rings. The van der Waals surface area contributed by atoms with Crippen molar-refractivity contribution in [1.82, 2.24) is 5.32 Å². The van der Waals surface area contributed by atoms with Crippen molar-refractivity contribution in [2.45, 2.75) is 64.5 Å². The molecular formula is C30H48Cl2N2O4. The van der Waals surface area contributed by atoms with Gasteiger partial charge in [-0.2, -0.15) is 0 Å². The normalized spacial score (nSPS) is 14.1. The summed E-state index contributed by atoms with van der Waals surface area (Å²) in [6.07, 6.45) is 1.78. The molecule has 0 amide bonds. The van der Waals surface area contributed by atoms with Crippen LogP contribution in [0.2, 0.25) is 5.02 Å². The van der Waals surface area contributed by atoms with Gasteiger partial charge in [0.05, 0.1) is 19.8 Å². The minimum atomic E-state index is -0.627. The van der Waals surface area contributed by atoms with E-state index in [2.05, 4.69) is 57.3 Å². The van der Waals surface area contributed by atoms with Gasteiger partial charge in [-0.3, -0.25) is 0 Å². The maximum atomic E-state index is 10.8. The lowest BCUT2D eigenvalue weighted by atomic mass is 9.83. The van der Waals surface area contributed by atoms with Gasteiger partial charge in [-0.25, -0.2) is 0 Å². The Labute approximate surface area is 241 Å². The van der Waals surface area contributed by atoms with Crippen molar-refractivity contribution in [3.8, 4) is 11.5 Å². The number of hydrogen-bond acceptors (Lipinski definition) is 6. The first-order chi connectivity index (χ1) is 17.6. The number of rotatable bonds is 17. The molecule has 0 radical (unpaired) electrons. The number of aliphatic hydroxyl groups excluding tert-OH is 1. The molecule has 0 saturated carbocycles. The van der Waals surface area contributed by atoms with Crippen LogP contribution in [0, 0.1) is 11.8 Å². The highest BCUT2D eigenvalue weighted by Crippen LogP contribution is 2.31. The zero-order chi connectivity index (χ0) is 27.4. The maximum Gasteiger partial charge on any atom is 0.161 e. The molecule has 8 heteroatoms. The zero-order valence-corrected chi connectivity index (χ0v) is 25.4. The Kier molecular flexibility index (Phi) is 15.6. The summed E-state index contributed by atoms with van der Waals surface area (Å²) in [5.41, 5.74) is 8.78. The van der Waals surface area contributed by atoms with E-state index in [9.17, 15) is 5.11 Å². The van der Waals surface area contributed by atoms with Gasteiger partial charge in [0, 0.05) is 49.7 Å². The van der Waals surface area contributed by atoms with Crippen LogP contribution >= 0.6 is 24.0 Å². The lowest BCUT2D eigenvalue weighted by molar-refractivity contribution is 0.123. The summed E-state index contributed by atoms with van der Waals surface area (Å²) in [6, 6.07) is 13.7. The van der Waals surface area contributed by atoms with Crippen LogP contribution < -0.4 is 20.5 Å². The van der Waals surface area contributed by atoms with E-state index >= 15 is 0 Å². The summed E-state index contributed by atoms with van der Waals surface area (Å²) in [6.45, 7) is 11.2. The number of benzene rings is 2. The predicted octanol–water partition coefficient (Wildman–Crippen LogP) is 5.65. The highest BCUT2D eigenvalue weighted by Gasteiger charge is 2.25. The molecule has 4 N–H and O–H groups in total. The second-order valence-corrected chi connectivity index (χ2v) is 11.3. The van der Waals surface area contributed by atoms with Crippen molar-refractivity contribution >= 4 is 24.0 Å². The lowest BCUT2D eigenvalue weighted by Crippen LogP contribution is -2.45. The average molecular weight is 572 g/mol. The van der Waals surface area contributed by atoms with Crippen molar-refractivity contribution in [2.24, 2.45) is 17.6 Å². The second kappa shape index (κ2) is 17.2. The topological polar surface area (TPSA) is 86.0 Å². The standard InChI is InChI=1S/C30H47ClN2O4.ClH/c1-21(2)23(16-22-8-13-28(36-6)29(17-22)37-15-7-14-35-5)18-26(32)27(34)19-33-20-30(3,4)24-9-11-25(31)12-10-24;/h8-13,17,21,23,26-27,33-34H,7,14-16,18-20,32H2,1-6H3;1H/t23-,26-,27-;/m0./s1. The summed E-state index contributed by atoms with van der Waals surface area (Å²) < 4.78 is 16.5. The van der Waals surface area contributed by atoms with Crippen LogP contribution in [0.4, 0.5) is 0 Å². The number of aliphatic hydroxyl groups is 1. The number of halogens is 2. The number of nitrogens with one attached hydrogen (secondary N) is 1. The largest absolute Gasteiger partial charge is 0.493 e. The van der Waals surface area contributed by atoms with Crippen molar-refractivity contribution < 1.29 is 19.3 Å². The van der Waals surface area contributed by atoms with Crippen LogP contribution in [-0.2, 0) is 16.6 Å². The fraction of sp³-hybridized carbons (Fsp3) is 0.600. The molecule has 2 rings (SSSR count). The van der Waals surface area contributed by atoms with Crippen LogP contribution in [0.15, 0.2) is 42.5 Å². The van der Waals surface area contributed by atoms with Gasteiger partial charge in [-0.1, -0.05) is 57.5 Å². The Balaban J connectivity index is 0.00000722. The van der Waals surface area contributed by atoms with Crippen molar-refractivity contribution in [1.29, 1.82) is 0 Å². The molecule has 0 aliphatic heterocycles. The molecule has 0 aromatic heterocycles. The molecule has 6 nitrogen and oxygen atoms in total. The zero-order valence-electron chi connectivity index (χ0n) is 23.8. The van der Waals surface area contributed by atoms with Gasteiger partial charge in [0.1, 0.15) is 0 Å². The number of methoxy groups -OCH3 is 2. The third-order valence-electron chi connectivity index (χ3n) is 7.03. The SMILES string of the molecule is COCCCOc1cc(C[C@@H](C[C@H](N)[C@@H](O)CNCC(C)(C)c2ccc(Cl)cc2)C(C)C)ccc1OC.Cl. The molecule has 0 heterocycles. The fourth-order valence-electron chi connectivity index (χ4n) is 4.43. The van der Waals surface area contributed by atoms with Gasteiger partial charge in [0.15, 0.2) is 11.5 Å². The van der Waals surface area contributed by atoms with Gasteiger partial charge < -0.3 is 30.4 Å². The van der Waals surface area contributed by atoms with Gasteiger partial charge in [-0.15, -0.1) is 12.4 Å². The first-order valence-corrected chi connectivity index (χ1v) is 13.6. The summed E-state index contributed by atoms with van der Waals surface area (Å²) in [4.78, 5) is 0. The van der Waals surface area contributed by atoms with Crippen molar-refractivity contribution in [3.05, 3.63) is 58.6 Å². The minimum Gasteiger partial charge on any atom is -0.493 e. The van der Waals surface area contributed by atoms with Crippen molar-refractivity contribution in [3.63, 3.8) is 0 Å². The molecule has 0 fully saturated rings. The van der Waals surface area contributed by atoms with Crippen LogP contribution in [0.25, 0.3) is 0 Å². The van der Waals surface area contributed by atoms with E-state index < -0.39 is 6.10 Å². The minimum absolute atomic E-state index is 0. The Morgan fingerprint density at radius 2 is 1.71 bits per heavy atom. The lowest BCUT2D eigenvalue weighted by Gasteiger charge is -2.29. The fourth-order valence-corrected chi connectivity index (χ4v) is 4.56. The van der Waals surface area contributed by atoms with Crippen LogP contribution in [0.3, 0.4) is 0 Å². The monoisotopic (exact) mass is 570 g/mol. The van der Waals surface area contributed by atoms with E-state index in [-0.39, 0.29) is 23.9 Å². The van der Waals surface area contributed by atoms with Gasteiger partial charge in [0.25, 0.3) is 0 Å². The summed E-state index contributed by atoms with van der Waals surface area (Å²) >= 11 is 6.03. The Morgan fingerprint density at radius 3 is 2.32 bits per heavy atom. The predicted molar refractivity (Wildman–Crippen MR) is 160 cm³/mol. The maximum absolute atomic E-state index is 10.8. The molecule has 0 bridgehead atoms. The van der Waals surface area contributed by atoms with E-state index in [1.165, 1.54) is 11.1 Å². The molecule has 0 spiro atoms. The Morgan fingerprint density at radius 1 is 1.03 bits per heavy atom. The third kappa shape index (κ3) is 11.3. The molecule has 0 saturated heterocycles. The first kappa shape index (κ1) is 34.5. The molecule has 0 unspecified atom stereocenters. The Bertz CT molecular complexity index is 925. The van der Waals surface area contributed by atoms with Crippen LogP contribution in [-0.4, -0.2) is 57.8 Å². The number of hydrogen-bond donors (Lipinski definition) is 3. The highest BCUT2D eigenvalue weighted by atomic mass is 35.5. The first-order valence-electron chi connectivity index (χ1n) is 13.3. The summed E-state index contributed by atoms with van der Waals surface area (Å²) in [5, 5.41) is 15.0. The van der Waals surface area contributed by atoms with Crippen molar-refractivity contribution in [2.75, 3.05) is 40.5 Å². The highest BCUT2D eigenvalue weighted by molar-refractivity contribution is 6.30. The number of nitrogens with two attached hydrogens (primary N) is 1. The van der Waals surface area contributed by atoms with E-state index in [0.29, 0.717) is 31.6 Å². The van der Waals surface area contributed by atoms with E-state index in [1.807, 2.05) is 18.2 Å². The molecule has 0 aliphatic carbocycles. The quantitative estimate of drug-likeness (QED) is 0.213. The molecule has 216 valence electrons. The van der Waals surface area contributed by atoms with Crippen LogP contribution in [0.1, 0.15) is 51.7 Å². The summed E-state index contributed by atoms with van der Waals surface area (Å²) in [5.74, 6) is 2.21. The van der Waals surface area contributed by atoms with E-state index in [1.54, 1.807) is 14.2 Å². The second-order valence-electron chi connectivity index (χ2n) is 10.9. The molecule has 38 heavy (non-hydrogen) atoms. The van der Waals surface area contributed by atoms with E-state index in [0.717, 1.165) is 42.3 Å². The molecule has 2 aromatic carbocycles. The third-order valence-corrected chi connectivity index (χ3v) is 7.29. The molecule has 3 atom stereocenters. The van der Waals surface area contributed by atoms with Gasteiger partial charge in [0.2, 0.25) is 0 Å².